The molecule has 0 aliphatic heterocycles. The van der Waals surface area contributed by atoms with Gasteiger partial charge < -0.3 is 10.4 Å². The largest absolute Gasteiger partial charge is 0.396 e. The molecule has 1 aromatic rings. The standard InChI is InChI=1S/C11H18N2OS/c14-8-3-6-13-11(4-1-2-5-11)10-12-7-9-15-10/h7,9,13-14H,1-6,8H2. The monoisotopic (exact) mass is 226 g/mol. The topological polar surface area (TPSA) is 45.1 Å². The molecular formula is C11H18N2OS. The zero-order chi connectivity index (χ0) is 10.6. The molecule has 0 amide bonds. The van der Waals surface area contributed by atoms with Crippen LogP contribution < -0.4 is 5.32 Å². The number of hydrogen-bond acceptors (Lipinski definition) is 4. The van der Waals surface area contributed by atoms with Gasteiger partial charge in [0.15, 0.2) is 0 Å². The van der Waals surface area contributed by atoms with Gasteiger partial charge in [-0.05, 0) is 25.8 Å². The van der Waals surface area contributed by atoms with Crippen LogP contribution in [0.15, 0.2) is 11.6 Å². The molecule has 1 aliphatic rings. The van der Waals surface area contributed by atoms with E-state index in [0.717, 1.165) is 13.0 Å². The lowest BCUT2D eigenvalue weighted by Gasteiger charge is -2.28. The molecule has 1 fully saturated rings. The maximum absolute atomic E-state index is 8.80. The average molecular weight is 226 g/mol. The van der Waals surface area contributed by atoms with Crippen molar-refractivity contribution in [3.8, 4) is 0 Å². The molecule has 1 heterocycles. The molecule has 0 aromatic carbocycles. The maximum atomic E-state index is 8.80. The Labute approximate surface area is 94.5 Å². The zero-order valence-corrected chi connectivity index (χ0v) is 9.72. The van der Waals surface area contributed by atoms with Crippen molar-refractivity contribution in [1.29, 1.82) is 0 Å². The molecule has 2 rings (SSSR count). The number of hydrogen-bond donors (Lipinski definition) is 2. The van der Waals surface area contributed by atoms with Crippen LogP contribution in [0.5, 0.6) is 0 Å². The summed E-state index contributed by atoms with van der Waals surface area (Å²) in [6.07, 6.45) is 7.65. The second-order valence-electron chi connectivity index (χ2n) is 4.13. The summed E-state index contributed by atoms with van der Waals surface area (Å²) in [6.45, 7) is 1.15. The number of rotatable bonds is 5. The van der Waals surface area contributed by atoms with Crippen molar-refractivity contribution in [3.63, 3.8) is 0 Å². The van der Waals surface area contributed by atoms with Gasteiger partial charge in [-0.15, -0.1) is 11.3 Å². The van der Waals surface area contributed by atoms with Gasteiger partial charge >= 0.3 is 0 Å². The van der Waals surface area contributed by atoms with Crippen molar-refractivity contribution in [2.24, 2.45) is 0 Å². The second kappa shape index (κ2) is 5.05. The van der Waals surface area contributed by atoms with Crippen molar-refractivity contribution in [3.05, 3.63) is 16.6 Å². The van der Waals surface area contributed by atoms with E-state index in [1.54, 1.807) is 11.3 Å². The fourth-order valence-corrected chi connectivity index (χ4v) is 3.19. The van der Waals surface area contributed by atoms with Gasteiger partial charge in [0.05, 0.1) is 5.54 Å². The Balaban J connectivity index is 2.04. The molecule has 0 radical (unpaired) electrons. The third kappa shape index (κ3) is 2.38. The Morgan fingerprint density at radius 1 is 1.47 bits per heavy atom. The SMILES string of the molecule is OCCCNC1(c2nccs2)CCCC1. The van der Waals surface area contributed by atoms with Crippen LogP contribution >= 0.6 is 11.3 Å². The van der Waals surface area contributed by atoms with Gasteiger partial charge in [-0.25, -0.2) is 4.98 Å². The first-order chi connectivity index (χ1) is 7.37. The molecular weight excluding hydrogens is 208 g/mol. The molecule has 4 heteroatoms. The van der Waals surface area contributed by atoms with Gasteiger partial charge in [0.25, 0.3) is 0 Å². The lowest BCUT2D eigenvalue weighted by Crippen LogP contribution is -2.40. The van der Waals surface area contributed by atoms with Gasteiger partial charge in [-0.1, -0.05) is 12.8 Å². The quantitative estimate of drug-likeness (QED) is 0.754. The Kier molecular flexibility index (Phi) is 3.72. The average Bonchev–Trinajstić information content (AvgIpc) is 2.89. The minimum atomic E-state index is 0.114. The molecule has 0 bridgehead atoms. The number of aliphatic hydroxyl groups excluding tert-OH is 1. The summed E-state index contributed by atoms with van der Waals surface area (Å²) < 4.78 is 0. The summed E-state index contributed by atoms with van der Waals surface area (Å²) in [6, 6.07) is 0. The van der Waals surface area contributed by atoms with E-state index in [2.05, 4.69) is 10.3 Å². The van der Waals surface area contributed by atoms with Crippen LogP contribution in [0.4, 0.5) is 0 Å². The molecule has 2 N–H and O–H groups in total. The van der Waals surface area contributed by atoms with Crippen LogP contribution in [0.25, 0.3) is 0 Å². The normalized spacial score (nSPS) is 19.5. The number of nitrogens with zero attached hydrogens (tertiary/aromatic N) is 1. The van der Waals surface area contributed by atoms with Crippen LogP contribution in [0.1, 0.15) is 37.1 Å². The zero-order valence-electron chi connectivity index (χ0n) is 8.91. The molecule has 3 nitrogen and oxygen atoms in total. The van der Waals surface area contributed by atoms with Crippen LogP contribution in [0, 0.1) is 0 Å². The van der Waals surface area contributed by atoms with E-state index in [9.17, 15) is 0 Å². The molecule has 1 aromatic heterocycles. The first-order valence-electron chi connectivity index (χ1n) is 5.63. The summed E-state index contributed by atoms with van der Waals surface area (Å²) in [4.78, 5) is 4.44. The number of nitrogens with one attached hydrogen (secondary N) is 1. The molecule has 0 spiro atoms. The lowest BCUT2D eigenvalue weighted by molar-refractivity contribution is 0.266. The first kappa shape index (κ1) is 11.0. The van der Waals surface area contributed by atoms with Crippen molar-refractivity contribution < 1.29 is 5.11 Å². The summed E-state index contributed by atoms with van der Waals surface area (Å²) in [5.41, 5.74) is 0.114. The summed E-state index contributed by atoms with van der Waals surface area (Å²) >= 11 is 1.74. The minimum Gasteiger partial charge on any atom is -0.396 e. The van der Waals surface area contributed by atoms with Gasteiger partial charge in [-0.3, -0.25) is 0 Å². The van der Waals surface area contributed by atoms with Gasteiger partial charge in [0.1, 0.15) is 5.01 Å². The van der Waals surface area contributed by atoms with Gasteiger partial charge in [0.2, 0.25) is 0 Å². The van der Waals surface area contributed by atoms with E-state index in [4.69, 9.17) is 5.11 Å². The van der Waals surface area contributed by atoms with Crippen molar-refractivity contribution in [2.75, 3.05) is 13.2 Å². The molecule has 0 atom stereocenters. The van der Waals surface area contributed by atoms with E-state index in [0.29, 0.717) is 0 Å². The highest BCUT2D eigenvalue weighted by molar-refractivity contribution is 7.09. The summed E-state index contributed by atoms with van der Waals surface area (Å²) in [7, 11) is 0. The molecule has 1 aliphatic carbocycles. The Hall–Kier alpha value is -0.450. The predicted molar refractivity (Wildman–Crippen MR) is 62.0 cm³/mol. The molecule has 0 unspecified atom stereocenters. The molecule has 1 saturated carbocycles. The van der Waals surface area contributed by atoms with Crippen molar-refractivity contribution >= 4 is 11.3 Å². The molecule has 0 saturated heterocycles. The Morgan fingerprint density at radius 2 is 2.27 bits per heavy atom. The first-order valence-corrected chi connectivity index (χ1v) is 6.51. The van der Waals surface area contributed by atoms with Crippen LogP contribution in [-0.4, -0.2) is 23.2 Å². The lowest BCUT2D eigenvalue weighted by atomic mass is 9.98. The highest BCUT2D eigenvalue weighted by atomic mass is 32.1. The Morgan fingerprint density at radius 3 is 2.87 bits per heavy atom. The van der Waals surface area contributed by atoms with Gasteiger partial charge in [0, 0.05) is 18.2 Å². The van der Waals surface area contributed by atoms with Crippen LogP contribution in [-0.2, 0) is 5.54 Å². The van der Waals surface area contributed by atoms with E-state index in [1.807, 2.05) is 11.6 Å². The number of thiazole rings is 1. The fraction of sp³-hybridized carbons (Fsp3) is 0.727. The third-order valence-electron chi connectivity index (χ3n) is 3.10. The highest BCUT2D eigenvalue weighted by Crippen LogP contribution is 2.39. The van der Waals surface area contributed by atoms with Crippen LogP contribution in [0.3, 0.4) is 0 Å². The van der Waals surface area contributed by atoms with E-state index in [1.165, 1.54) is 30.7 Å². The number of aliphatic hydroxyl groups is 1. The van der Waals surface area contributed by atoms with Crippen molar-refractivity contribution in [2.45, 2.75) is 37.6 Å². The van der Waals surface area contributed by atoms with E-state index in [-0.39, 0.29) is 12.1 Å². The van der Waals surface area contributed by atoms with E-state index >= 15 is 0 Å². The predicted octanol–water partition coefficient (Wildman–Crippen LogP) is 1.88. The molecule has 15 heavy (non-hydrogen) atoms. The highest BCUT2D eigenvalue weighted by Gasteiger charge is 2.36. The van der Waals surface area contributed by atoms with Gasteiger partial charge in [-0.2, -0.15) is 0 Å². The Bertz CT molecular complexity index is 281. The third-order valence-corrected chi connectivity index (χ3v) is 4.07. The van der Waals surface area contributed by atoms with E-state index < -0.39 is 0 Å². The molecule has 84 valence electrons. The fourth-order valence-electron chi connectivity index (χ4n) is 2.31. The summed E-state index contributed by atoms with van der Waals surface area (Å²) in [5.74, 6) is 0. The second-order valence-corrected chi connectivity index (χ2v) is 5.02. The van der Waals surface area contributed by atoms with Crippen molar-refractivity contribution in [1.82, 2.24) is 10.3 Å². The minimum absolute atomic E-state index is 0.114. The number of aromatic nitrogens is 1. The smallest absolute Gasteiger partial charge is 0.113 e. The maximum Gasteiger partial charge on any atom is 0.113 e. The van der Waals surface area contributed by atoms with Crippen LogP contribution in [0.2, 0.25) is 0 Å². The summed E-state index contributed by atoms with van der Waals surface area (Å²) in [5, 5.41) is 15.7.